The molecule has 5 rings (SSSR count). The third kappa shape index (κ3) is 5.07. The van der Waals surface area contributed by atoms with E-state index >= 15 is 0 Å². The molecule has 0 bridgehead atoms. The molecule has 0 amide bonds. The zero-order valence-electron chi connectivity index (χ0n) is 20.9. The van der Waals surface area contributed by atoms with Gasteiger partial charge in [-0.1, -0.05) is 0 Å². The van der Waals surface area contributed by atoms with Crippen LogP contribution in [0.3, 0.4) is 0 Å². The highest BCUT2D eigenvalue weighted by Gasteiger charge is 2.48. The number of phenolic OH excluding ortho intramolecular Hbond substituents is 3. The van der Waals surface area contributed by atoms with E-state index in [9.17, 15) is 45.6 Å². The van der Waals surface area contributed by atoms with Crippen LogP contribution in [0.2, 0.25) is 0 Å². The number of aromatic hydroxyl groups is 3. The minimum atomic E-state index is -1.76. The van der Waals surface area contributed by atoms with Gasteiger partial charge >= 0.3 is 0 Å². The Morgan fingerprint density at radius 1 is 0.850 bits per heavy atom. The van der Waals surface area contributed by atoms with Gasteiger partial charge in [-0.3, -0.25) is 4.79 Å². The minimum Gasteiger partial charge on any atom is -0.508 e. The van der Waals surface area contributed by atoms with Crippen molar-refractivity contribution < 1.29 is 64.2 Å². The van der Waals surface area contributed by atoms with Crippen LogP contribution in [0.5, 0.6) is 23.0 Å². The van der Waals surface area contributed by atoms with Crippen LogP contribution < -0.4 is 10.2 Å². The van der Waals surface area contributed by atoms with E-state index in [1.165, 1.54) is 31.2 Å². The normalized spacial score (nSPS) is 32.7. The molecule has 3 aromatic rings. The lowest BCUT2D eigenvalue weighted by molar-refractivity contribution is -0.344. The van der Waals surface area contributed by atoms with Gasteiger partial charge < -0.3 is 64.2 Å². The molecular formula is C26H28O14. The average molecular weight is 564 g/mol. The summed E-state index contributed by atoms with van der Waals surface area (Å²) in [5.74, 6) is -1.80. The summed E-state index contributed by atoms with van der Waals surface area (Å²) < 4.78 is 28.3. The van der Waals surface area contributed by atoms with Gasteiger partial charge in [0.25, 0.3) is 0 Å². The predicted molar refractivity (Wildman–Crippen MR) is 133 cm³/mol. The van der Waals surface area contributed by atoms with E-state index in [0.29, 0.717) is 0 Å². The van der Waals surface area contributed by atoms with Crippen molar-refractivity contribution in [1.29, 1.82) is 0 Å². The van der Waals surface area contributed by atoms with Crippen LogP contribution in [0.15, 0.2) is 45.6 Å². The summed E-state index contributed by atoms with van der Waals surface area (Å²) in [5, 5.41) is 81.1. The Bertz CT molecular complexity index is 1420. The number of fused-ring (bicyclic) bond motifs is 1. The maximum absolute atomic E-state index is 13.6. The number of phenols is 3. The van der Waals surface area contributed by atoms with Crippen molar-refractivity contribution in [2.75, 3.05) is 6.61 Å². The second-order valence-electron chi connectivity index (χ2n) is 9.63. The van der Waals surface area contributed by atoms with Crippen molar-refractivity contribution in [1.82, 2.24) is 0 Å². The molecular weight excluding hydrogens is 536 g/mol. The Kier molecular flexibility index (Phi) is 7.60. The Balaban J connectivity index is 1.57. The molecule has 0 radical (unpaired) electrons. The fourth-order valence-electron chi connectivity index (χ4n) is 4.59. The smallest absolute Gasteiger partial charge is 0.239 e. The standard InChI is InChI=1S/C26H28O14/c1-9-17(31)20(34)21(35)25(37-9)40-24-18(32)14(30)8-36-26(24)39-23-19(33)16-13(29)6-12(28)7-15(16)38-22(23)10-2-4-11(27)5-3-10/h2-7,9,14,17-18,20-21,24-32,34-35H,8H2,1H3. The first kappa shape index (κ1) is 28.1. The molecule has 14 heteroatoms. The Morgan fingerprint density at radius 2 is 1.55 bits per heavy atom. The summed E-state index contributed by atoms with van der Waals surface area (Å²) in [4.78, 5) is 13.6. The molecule has 1 aromatic heterocycles. The highest BCUT2D eigenvalue weighted by Crippen LogP contribution is 2.37. The van der Waals surface area contributed by atoms with Crippen LogP contribution in [0.25, 0.3) is 22.3 Å². The van der Waals surface area contributed by atoms with Crippen LogP contribution in [-0.4, -0.2) is 103 Å². The van der Waals surface area contributed by atoms with Crippen LogP contribution in [0.4, 0.5) is 0 Å². The molecule has 2 aromatic carbocycles. The lowest BCUT2D eigenvalue weighted by atomic mass is 9.99. The van der Waals surface area contributed by atoms with E-state index in [1.54, 1.807) is 0 Å². The quantitative estimate of drug-likeness (QED) is 0.191. The van der Waals surface area contributed by atoms with Crippen LogP contribution in [-0.2, 0) is 14.2 Å². The molecule has 8 N–H and O–H groups in total. The van der Waals surface area contributed by atoms with Crippen molar-refractivity contribution in [2.24, 2.45) is 0 Å². The molecule has 216 valence electrons. The third-order valence-electron chi connectivity index (χ3n) is 6.81. The molecule has 9 atom stereocenters. The number of aliphatic hydroxyl groups excluding tert-OH is 5. The summed E-state index contributed by atoms with van der Waals surface area (Å²) in [7, 11) is 0. The van der Waals surface area contributed by atoms with Crippen molar-refractivity contribution in [2.45, 2.75) is 62.2 Å². The van der Waals surface area contributed by atoms with Crippen molar-refractivity contribution in [3.8, 4) is 34.3 Å². The molecule has 2 saturated heterocycles. The molecule has 2 aliphatic heterocycles. The molecule has 2 aliphatic rings. The van der Waals surface area contributed by atoms with Gasteiger partial charge in [0.1, 0.15) is 58.7 Å². The largest absolute Gasteiger partial charge is 0.508 e. The Morgan fingerprint density at radius 3 is 2.25 bits per heavy atom. The minimum absolute atomic E-state index is 0.0848. The van der Waals surface area contributed by atoms with Crippen molar-refractivity contribution >= 4 is 11.0 Å². The molecule has 2 fully saturated rings. The zero-order valence-corrected chi connectivity index (χ0v) is 20.9. The highest BCUT2D eigenvalue weighted by atomic mass is 16.8. The zero-order chi connectivity index (χ0) is 28.9. The molecule has 3 heterocycles. The summed E-state index contributed by atoms with van der Waals surface area (Å²) in [6.45, 7) is 0.964. The van der Waals surface area contributed by atoms with Gasteiger partial charge in [-0.25, -0.2) is 0 Å². The molecule has 14 nitrogen and oxygen atoms in total. The number of hydrogen-bond acceptors (Lipinski definition) is 14. The summed E-state index contributed by atoms with van der Waals surface area (Å²) in [5.41, 5.74) is -0.850. The van der Waals surface area contributed by atoms with Crippen LogP contribution in [0.1, 0.15) is 6.92 Å². The molecule has 0 spiro atoms. The second-order valence-corrected chi connectivity index (χ2v) is 9.63. The average Bonchev–Trinajstić information content (AvgIpc) is 2.91. The topological polar surface area (TPSA) is 229 Å². The van der Waals surface area contributed by atoms with E-state index in [-0.39, 0.29) is 33.8 Å². The van der Waals surface area contributed by atoms with Gasteiger partial charge in [0.2, 0.25) is 17.5 Å². The van der Waals surface area contributed by atoms with E-state index in [2.05, 4.69) is 0 Å². The molecule has 9 unspecified atom stereocenters. The van der Waals surface area contributed by atoms with Gasteiger partial charge in [0.05, 0.1) is 12.7 Å². The van der Waals surface area contributed by atoms with Crippen LogP contribution in [0, 0.1) is 0 Å². The fraction of sp³-hybridized carbons (Fsp3) is 0.423. The highest BCUT2D eigenvalue weighted by molar-refractivity contribution is 5.88. The second kappa shape index (κ2) is 10.8. The van der Waals surface area contributed by atoms with E-state index in [0.717, 1.165) is 12.1 Å². The number of aliphatic hydroxyl groups is 5. The SMILES string of the molecule is CC1OC(OC2C(Oc3c(-c4ccc(O)cc4)oc4cc(O)cc(O)c4c3=O)OCC(O)C2O)C(O)C(O)C1O. The summed E-state index contributed by atoms with van der Waals surface area (Å²) in [6.07, 6.45) is -13.9. The number of hydrogen-bond donors (Lipinski definition) is 8. The first-order valence-electron chi connectivity index (χ1n) is 12.3. The number of ether oxygens (including phenoxy) is 4. The van der Waals surface area contributed by atoms with Gasteiger partial charge in [0, 0.05) is 17.7 Å². The van der Waals surface area contributed by atoms with Crippen molar-refractivity contribution in [3.05, 3.63) is 46.6 Å². The van der Waals surface area contributed by atoms with Crippen LogP contribution >= 0.6 is 0 Å². The van der Waals surface area contributed by atoms with Gasteiger partial charge in [-0.2, -0.15) is 0 Å². The summed E-state index contributed by atoms with van der Waals surface area (Å²) in [6, 6.07) is 7.47. The van der Waals surface area contributed by atoms with Gasteiger partial charge in [-0.15, -0.1) is 0 Å². The first-order valence-corrected chi connectivity index (χ1v) is 12.3. The van der Waals surface area contributed by atoms with Gasteiger partial charge in [0.15, 0.2) is 18.2 Å². The monoisotopic (exact) mass is 564 g/mol. The molecule has 0 saturated carbocycles. The Labute approximate surface area is 225 Å². The lowest BCUT2D eigenvalue weighted by Crippen LogP contribution is -2.62. The summed E-state index contributed by atoms with van der Waals surface area (Å²) >= 11 is 0. The first-order chi connectivity index (χ1) is 19.0. The van der Waals surface area contributed by atoms with Gasteiger partial charge in [-0.05, 0) is 31.2 Å². The lowest BCUT2D eigenvalue weighted by Gasteiger charge is -2.43. The number of rotatable bonds is 5. The fourth-order valence-corrected chi connectivity index (χ4v) is 4.59. The van der Waals surface area contributed by atoms with E-state index in [1.807, 2.05) is 0 Å². The Hall–Kier alpha value is -3.47. The number of benzene rings is 2. The maximum atomic E-state index is 13.6. The van der Waals surface area contributed by atoms with E-state index < -0.39 is 78.8 Å². The maximum Gasteiger partial charge on any atom is 0.239 e. The van der Waals surface area contributed by atoms with Crippen molar-refractivity contribution in [3.63, 3.8) is 0 Å². The third-order valence-corrected chi connectivity index (χ3v) is 6.81. The van der Waals surface area contributed by atoms with E-state index in [4.69, 9.17) is 23.4 Å². The predicted octanol–water partition coefficient (Wildman–Crippen LogP) is -0.754. The molecule has 0 aliphatic carbocycles. The molecule has 40 heavy (non-hydrogen) atoms.